The average molecular weight is 246 g/mol. The molecule has 0 amide bonds. The quantitative estimate of drug-likeness (QED) is 0.748. The van der Waals surface area contributed by atoms with E-state index in [1.54, 1.807) is 18.5 Å². The highest BCUT2D eigenvalue weighted by Crippen LogP contribution is 2.24. The van der Waals surface area contributed by atoms with Crippen molar-refractivity contribution < 1.29 is 9.18 Å². The van der Waals surface area contributed by atoms with Crippen molar-refractivity contribution in [3.63, 3.8) is 0 Å². The maximum Gasteiger partial charge on any atom is 0.155 e. The Hall–Kier alpha value is -2.24. The fraction of sp³-hybridized carbons (Fsp3) is 0.250. The molecule has 18 heavy (non-hydrogen) atoms. The summed E-state index contributed by atoms with van der Waals surface area (Å²) in [7, 11) is 0. The van der Waals surface area contributed by atoms with Gasteiger partial charge in [0.2, 0.25) is 0 Å². The molecule has 2 heterocycles. The fourth-order valence-electron chi connectivity index (χ4n) is 2.19. The Balaban J connectivity index is 1.98. The summed E-state index contributed by atoms with van der Waals surface area (Å²) in [4.78, 5) is 12.9. The van der Waals surface area contributed by atoms with Crippen molar-refractivity contribution in [3.8, 4) is 0 Å². The maximum absolute atomic E-state index is 13.6. The molecule has 2 aromatic rings. The largest absolute Gasteiger partial charge is 0.362 e. The Kier molecular flexibility index (Phi) is 2.55. The Morgan fingerprint density at radius 1 is 1.33 bits per heavy atom. The predicted molar refractivity (Wildman–Crippen MR) is 62.9 cm³/mol. The molecule has 0 saturated heterocycles. The molecule has 0 fully saturated rings. The van der Waals surface area contributed by atoms with Crippen molar-refractivity contribution in [3.05, 3.63) is 41.7 Å². The van der Waals surface area contributed by atoms with Crippen LogP contribution in [0.2, 0.25) is 0 Å². The van der Waals surface area contributed by atoms with Crippen molar-refractivity contribution in [2.24, 2.45) is 0 Å². The highest BCUT2D eigenvalue weighted by atomic mass is 19.1. The van der Waals surface area contributed by atoms with Gasteiger partial charge in [0, 0.05) is 13.1 Å². The van der Waals surface area contributed by atoms with Crippen LogP contribution in [0.25, 0.3) is 0 Å². The highest BCUT2D eigenvalue weighted by molar-refractivity contribution is 5.85. The van der Waals surface area contributed by atoms with Crippen molar-refractivity contribution in [1.82, 2.24) is 14.8 Å². The van der Waals surface area contributed by atoms with Gasteiger partial charge < -0.3 is 9.47 Å². The third-order valence-electron chi connectivity index (χ3n) is 3.13. The Bertz CT molecular complexity index is 596. The summed E-state index contributed by atoms with van der Waals surface area (Å²) in [5, 5.41) is 7.83. The van der Waals surface area contributed by atoms with Crippen LogP contribution in [-0.4, -0.2) is 27.6 Å². The molecule has 0 saturated carbocycles. The Morgan fingerprint density at radius 2 is 2.22 bits per heavy atom. The molecule has 92 valence electrons. The monoisotopic (exact) mass is 246 g/mol. The molecule has 0 spiro atoms. The summed E-state index contributed by atoms with van der Waals surface area (Å²) >= 11 is 0. The molecule has 0 bridgehead atoms. The second-order valence-electron chi connectivity index (χ2n) is 4.15. The van der Waals surface area contributed by atoms with Gasteiger partial charge in [-0.3, -0.25) is 4.79 Å². The van der Waals surface area contributed by atoms with Gasteiger partial charge in [0.25, 0.3) is 0 Å². The lowest BCUT2D eigenvalue weighted by Crippen LogP contribution is -2.34. The average Bonchev–Trinajstić information content (AvgIpc) is 2.85. The number of hydrogen-bond acceptors (Lipinski definition) is 4. The van der Waals surface area contributed by atoms with Crippen LogP contribution in [0.1, 0.15) is 16.2 Å². The van der Waals surface area contributed by atoms with E-state index in [0.717, 1.165) is 12.4 Å². The second kappa shape index (κ2) is 4.21. The molecule has 1 aliphatic heterocycles. The van der Waals surface area contributed by atoms with E-state index in [1.165, 1.54) is 6.07 Å². The van der Waals surface area contributed by atoms with Crippen LogP contribution in [0.4, 0.5) is 10.1 Å². The first kappa shape index (κ1) is 10.9. The molecule has 1 aromatic carbocycles. The smallest absolute Gasteiger partial charge is 0.155 e. The number of fused-ring (bicyclic) bond motifs is 1. The minimum Gasteiger partial charge on any atom is -0.362 e. The van der Waals surface area contributed by atoms with Gasteiger partial charge >= 0.3 is 0 Å². The van der Waals surface area contributed by atoms with Crippen LogP contribution in [0, 0.1) is 5.82 Å². The van der Waals surface area contributed by atoms with Crippen LogP contribution in [0.3, 0.4) is 0 Å². The van der Waals surface area contributed by atoms with Crippen molar-refractivity contribution >= 4 is 12.0 Å². The SMILES string of the molecule is O=Cc1c(F)cccc1N1CCn2cnnc2C1. The van der Waals surface area contributed by atoms with E-state index in [4.69, 9.17) is 0 Å². The standard InChI is InChI=1S/C12H11FN4O/c13-10-2-1-3-11(9(10)7-18)16-4-5-17-8-14-15-12(17)6-16/h1-3,7-8H,4-6H2. The number of anilines is 1. The van der Waals surface area contributed by atoms with Gasteiger partial charge in [0.1, 0.15) is 12.1 Å². The number of carbonyl (C=O) groups excluding carboxylic acids is 1. The number of nitrogens with zero attached hydrogens (tertiary/aromatic N) is 4. The van der Waals surface area contributed by atoms with E-state index in [9.17, 15) is 9.18 Å². The molecule has 6 heteroatoms. The van der Waals surface area contributed by atoms with E-state index in [1.807, 2.05) is 9.47 Å². The lowest BCUT2D eigenvalue weighted by atomic mass is 10.1. The molecule has 3 rings (SSSR count). The Morgan fingerprint density at radius 3 is 3.06 bits per heavy atom. The molecule has 0 unspecified atom stereocenters. The molecule has 5 nitrogen and oxygen atoms in total. The van der Waals surface area contributed by atoms with Crippen LogP contribution in [0.15, 0.2) is 24.5 Å². The minimum atomic E-state index is -0.491. The van der Waals surface area contributed by atoms with E-state index >= 15 is 0 Å². The lowest BCUT2D eigenvalue weighted by molar-refractivity contribution is 0.112. The summed E-state index contributed by atoms with van der Waals surface area (Å²) in [6.45, 7) is 1.97. The Labute approximate surface area is 103 Å². The van der Waals surface area contributed by atoms with Crippen molar-refractivity contribution in [2.75, 3.05) is 11.4 Å². The molecule has 1 aliphatic rings. The highest BCUT2D eigenvalue weighted by Gasteiger charge is 2.20. The molecule has 0 radical (unpaired) electrons. The van der Waals surface area contributed by atoms with Crippen molar-refractivity contribution in [1.29, 1.82) is 0 Å². The zero-order chi connectivity index (χ0) is 12.5. The number of carbonyl (C=O) groups is 1. The molecular formula is C12H11FN4O. The molecule has 1 aromatic heterocycles. The number of hydrogen-bond donors (Lipinski definition) is 0. The van der Waals surface area contributed by atoms with Crippen LogP contribution >= 0.6 is 0 Å². The first-order chi connectivity index (χ1) is 8.79. The zero-order valence-corrected chi connectivity index (χ0v) is 9.58. The maximum atomic E-state index is 13.6. The van der Waals surface area contributed by atoms with Gasteiger partial charge in [0.15, 0.2) is 12.1 Å². The van der Waals surface area contributed by atoms with Gasteiger partial charge in [0.05, 0.1) is 17.8 Å². The third kappa shape index (κ3) is 1.66. The first-order valence-corrected chi connectivity index (χ1v) is 5.65. The number of aromatic nitrogens is 3. The van der Waals surface area contributed by atoms with Gasteiger partial charge in [-0.1, -0.05) is 6.07 Å². The predicted octanol–water partition coefficient (Wildman–Crippen LogP) is 1.25. The topological polar surface area (TPSA) is 51.0 Å². The lowest BCUT2D eigenvalue weighted by Gasteiger charge is -2.29. The van der Waals surface area contributed by atoms with Crippen molar-refractivity contribution in [2.45, 2.75) is 13.1 Å². The number of benzene rings is 1. The van der Waals surface area contributed by atoms with E-state index in [0.29, 0.717) is 25.1 Å². The summed E-state index contributed by atoms with van der Waals surface area (Å²) in [5.74, 6) is 0.330. The molecular weight excluding hydrogens is 235 g/mol. The summed E-state index contributed by atoms with van der Waals surface area (Å²) in [6.07, 6.45) is 2.24. The molecule has 0 atom stereocenters. The summed E-state index contributed by atoms with van der Waals surface area (Å²) in [6, 6.07) is 4.65. The van der Waals surface area contributed by atoms with E-state index in [-0.39, 0.29) is 5.56 Å². The zero-order valence-electron chi connectivity index (χ0n) is 9.58. The first-order valence-electron chi connectivity index (χ1n) is 5.65. The van der Waals surface area contributed by atoms with E-state index in [2.05, 4.69) is 10.2 Å². The number of aldehydes is 1. The normalized spacial score (nSPS) is 14.4. The fourth-order valence-corrected chi connectivity index (χ4v) is 2.19. The van der Waals surface area contributed by atoms with Crippen LogP contribution in [0.5, 0.6) is 0 Å². The second-order valence-corrected chi connectivity index (χ2v) is 4.15. The van der Waals surface area contributed by atoms with Gasteiger partial charge in [-0.05, 0) is 12.1 Å². The summed E-state index contributed by atoms with van der Waals surface area (Å²) < 4.78 is 15.5. The number of halogens is 1. The van der Waals surface area contributed by atoms with Gasteiger partial charge in [-0.15, -0.1) is 10.2 Å². The molecule has 0 aliphatic carbocycles. The van der Waals surface area contributed by atoms with Gasteiger partial charge in [-0.25, -0.2) is 4.39 Å². The third-order valence-corrected chi connectivity index (χ3v) is 3.13. The van der Waals surface area contributed by atoms with Crippen LogP contribution < -0.4 is 4.90 Å². The minimum absolute atomic E-state index is 0.102. The number of rotatable bonds is 2. The van der Waals surface area contributed by atoms with E-state index < -0.39 is 5.82 Å². The molecule has 0 N–H and O–H groups in total. The van der Waals surface area contributed by atoms with Gasteiger partial charge in [-0.2, -0.15) is 0 Å². The summed E-state index contributed by atoms with van der Waals surface area (Å²) in [5.41, 5.74) is 0.713. The van der Waals surface area contributed by atoms with Crippen LogP contribution in [-0.2, 0) is 13.1 Å².